The predicted molar refractivity (Wildman–Crippen MR) is 78.2 cm³/mol. The Hall–Kier alpha value is -1.12. The van der Waals surface area contributed by atoms with Gasteiger partial charge in [-0.05, 0) is 51.0 Å². The second-order valence-electron chi connectivity index (χ2n) is 7.40. The van der Waals surface area contributed by atoms with Crippen molar-refractivity contribution in [1.29, 1.82) is 0 Å². The second-order valence-corrected chi connectivity index (χ2v) is 7.40. The van der Waals surface area contributed by atoms with Crippen LogP contribution in [0.5, 0.6) is 0 Å². The molecular formula is C17H26O3. The van der Waals surface area contributed by atoms with Crippen molar-refractivity contribution in [2.75, 3.05) is 6.61 Å². The molecule has 0 unspecified atom stereocenters. The molecule has 2 fully saturated rings. The Morgan fingerprint density at radius 3 is 2.35 bits per heavy atom. The fourth-order valence-corrected chi connectivity index (χ4v) is 4.66. The summed E-state index contributed by atoms with van der Waals surface area (Å²) in [5, 5.41) is 0. The van der Waals surface area contributed by atoms with Gasteiger partial charge in [-0.15, -0.1) is 0 Å². The Bertz CT molecular complexity index is 496. The molecule has 2 atom stereocenters. The fraction of sp³-hybridized carbons (Fsp3) is 0.765. The molecule has 2 aliphatic rings. The van der Waals surface area contributed by atoms with Gasteiger partial charge in [-0.1, -0.05) is 26.3 Å². The number of ketones is 1. The first kappa shape index (κ1) is 15.3. The third-order valence-corrected chi connectivity index (χ3v) is 5.26. The summed E-state index contributed by atoms with van der Waals surface area (Å²) in [6, 6.07) is 0. The van der Waals surface area contributed by atoms with Gasteiger partial charge < -0.3 is 4.74 Å². The maximum atomic E-state index is 13.1. The van der Waals surface area contributed by atoms with Crippen LogP contribution in [-0.2, 0) is 14.3 Å². The zero-order valence-corrected chi connectivity index (χ0v) is 13.6. The highest BCUT2D eigenvalue weighted by molar-refractivity contribution is 6.12. The lowest BCUT2D eigenvalue weighted by atomic mass is 9.66. The summed E-state index contributed by atoms with van der Waals surface area (Å²) in [6.07, 6.45) is 2.48. The van der Waals surface area contributed by atoms with Gasteiger partial charge >= 0.3 is 5.97 Å². The first-order valence-corrected chi connectivity index (χ1v) is 7.52. The van der Waals surface area contributed by atoms with Crippen LogP contribution in [0.1, 0.15) is 60.8 Å². The fourth-order valence-electron chi connectivity index (χ4n) is 4.66. The van der Waals surface area contributed by atoms with Gasteiger partial charge in [0.2, 0.25) is 0 Å². The highest BCUT2D eigenvalue weighted by Crippen LogP contribution is 2.68. The quantitative estimate of drug-likeness (QED) is 0.440. The molecule has 0 heterocycles. The molecule has 20 heavy (non-hydrogen) atoms. The van der Waals surface area contributed by atoms with Crippen molar-refractivity contribution >= 4 is 11.8 Å². The minimum absolute atomic E-state index is 0.0552. The van der Waals surface area contributed by atoms with E-state index in [0.717, 1.165) is 30.4 Å². The first-order chi connectivity index (χ1) is 9.13. The van der Waals surface area contributed by atoms with Gasteiger partial charge in [0.15, 0.2) is 11.2 Å². The number of carbonyl (C=O) groups excluding carboxylic acids is 2. The van der Waals surface area contributed by atoms with Gasteiger partial charge in [0.1, 0.15) is 0 Å². The van der Waals surface area contributed by atoms with E-state index in [1.165, 1.54) is 0 Å². The molecule has 0 spiro atoms. The summed E-state index contributed by atoms with van der Waals surface area (Å²) in [5.41, 5.74) is 0.308. The number of Topliss-reactive ketones (excluding diaryl/α,β-unsaturated/α-hetero) is 1. The van der Waals surface area contributed by atoms with Gasteiger partial charge in [0, 0.05) is 5.41 Å². The zero-order valence-electron chi connectivity index (χ0n) is 13.6. The molecule has 0 aromatic carbocycles. The van der Waals surface area contributed by atoms with Gasteiger partial charge in [0.25, 0.3) is 0 Å². The Kier molecular flexibility index (Phi) is 3.39. The van der Waals surface area contributed by atoms with E-state index in [0.29, 0.717) is 6.61 Å². The van der Waals surface area contributed by atoms with Crippen LogP contribution in [0.2, 0.25) is 0 Å². The smallest absolute Gasteiger partial charge is 0.324 e. The van der Waals surface area contributed by atoms with E-state index in [2.05, 4.69) is 6.92 Å². The number of carbonyl (C=O) groups is 2. The molecule has 3 heteroatoms. The molecule has 0 radical (unpaired) electrons. The molecule has 0 bridgehead atoms. The van der Waals surface area contributed by atoms with E-state index in [1.54, 1.807) is 6.92 Å². The summed E-state index contributed by atoms with van der Waals surface area (Å²) >= 11 is 0. The minimum Gasteiger partial charge on any atom is -0.465 e. The number of ether oxygens (including phenoxy) is 1. The molecule has 0 aromatic heterocycles. The molecule has 3 nitrogen and oxygen atoms in total. The van der Waals surface area contributed by atoms with Crippen LogP contribution in [0.4, 0.5) is 0 Å². The number of rotatable bonds is 2. The van der Waals surface area contributed by atoms with Crippen molar-refractivity contribution in [2.24, 2.45) is 16.2 Å². The van der Waals surface area contributed by atoms with Crippen LogP contribution in [0.15, 0.2) is 11.1 Å². The molecule has 0 saturated heterocycles. The van der Waals surface area contributed by atoms with E-state index in [4.69, 9.17) is 4.74 Å². The number of fused-ring (bicyclic) bond motifs is 1. The normalized spacial score (nSPS) is 35.1. The van der Waals surface area contributed by atoms with Crippen LogP contribution in [0.25, 0.3) is 0 Å². The summed E-state index contributed by atoms with van der Waals surface area (Å²) in [7, 11) is 0. The predicted octanol–water partition coefficient (Wildman–Crippen LogP) is 3.67. The number of hydrogen-bond acceptors (Lipinski definition) is 3. The van der Waals surface area contributed by atoms with Crippen LogP contribution < -0.4 is 0 Å². The lowest BCUT2D eigenvalue weighted by Crippen LogP contribution is -2.47. The van der Waals surface area contributed by atoms with E-state index in [9.17, 15) is 9.59 Å². The first-order valence-electron chi connectivity index (χ1n) is 7.52. The molecular weight excluding hydrogens is 252 g/mol. The summed E-state index contributed by atoms with van der Waals surface area (Å²) < 4.78 is 5.35. The van der Waals surface area contributed by atoms with Crippen LogP contribution in [-0.4, -0.2) is 18.4 Å². The lowest BCUT2D eigenvalue weighted by Gasteiger charge is -2.35. The van der Waals surface area contributed by atoms with Gasteiger partial charge in [-0.2, -0.15) is 0 Å². The largest absolute Gasteiger partial charge is 0.465 e. The Balaban J connectivity index is 2.71. The zero-order chi connectivity index (χ0) is 15.3. The SMILES string of the molecule is CCOC(=O)[C@@]12C(=O)C(C)(C)C[C@]1(C)CCC2=C(C)C. The van der Waals surface area contributed by atoms with Crippen molar-refractivity contribution in [3.8, 4) is 0 Å². The number of allylic oxidation sites excluding steroid dienone is 1. The van der Waals surface area contributed by atoms with Crippen molar-refractivity contribution < 1.29 is 14.3 Å². The van der Waals surface area contributed by atoms with Crippen LogP contribution in [0, 0.1) is 16.2 Å². The monoisotopic (exact) mass is 278 g/mol. The highest BCUT2D eigenvalue weighted by Gasteiger charge is 2.73. The van der Waals surface area contributed by atoms with E-state index >= 15 is 0 Å². The average Bonchev–Trinajstić information content (AvgIpc) is 2.68. The molecule has 2 aliphatic carbocycles. The number of hydrogen-bond donors (Lipinski definition) is 0. The molecule has 0 aromatic rings. The highest BCUT2D eigenvalue weighted by atomic mass is 16.5. The van der Waals surface area contributed by atoms with Crippen molar-refractivity contribution in [3.63, 3.8) is 0 Å². The molecule has 112 valence electrons. The summed E-state index contributed by atoms with van der Waals surface area (Å²) in [5.74, 6) is -0.272. The maximum absolute atomic E-state index is 13.1. The van der Waals surface area contributed by atoms with Gasteiger partial charge in [-0.3, -0.25) is 9.59 Å². The Morgan fingerprint density at radius 2 is 1.85 bits per heavy atom. The second kappa shape index (κ2) is 4.44. The van der Waals surface area contributed by atoms with Crippen molar-refractivity contribution in [3.05, 3.63) is 11.1 Å². The molecule has 0 aliphatic heterocycles. The summed E-state index contributed by atoms with van der Waals surface area (Å²) in [4.78, 5) is 25.9. The number of esters is 1. The minimum atomic E-state index is -1.04. The van der Waals surface area contributed by atoms with Crippen LogP contribution >= 0.6 is 0 Å². The molecule has 2 rings (SSSR count). The Labute approximate surface area is 121 Å². The third kappa shape index (κ3) is 1.64. The third-order valence-electron chi connectivity index (χ3n) is 5.26. The van der Waals surface area contributed by atoms with E-state index < -0.39 is 10.8 Å². The molecule has 2 saturated carbocycles. The Morgan fingerprint density at radius 1 is 1.25 bits per heavy atom. The lowest BCUT2D eigenvalue weighted by molar-refractivity contribution is -0.161. The maximum Gasteiger partial charge on any atom is 0.324 e. The molecule has 0 N–H and O–H groups in total. The van der Waals surface area contributed by atoms with Gasteiger partial charge in [-0.25, -0.2) is 0 Å². The van der Waals surface area contributed by atoms with E-state index in [-0.39, 0.29) is 17.2 Å². The average molecular weight is 278 g/mol. The van der Waals surface area contributed by atoms with Gasteiger partial charge in [0.05, 0.1) is 6.61 Å². The standard InChI is InChI=1S/C17H26O3/c1-7-20-14(19)17-12(11(2)3)8-9-16(17,6)10-15(4,5)13(17)18/h7-10H2,1-6H3/t16-,17+/m0/s1. The molecule has 0 amide bonds. The van der Waals surface area contributed by atoms with Crippen molar-refractivity contribution in [1.82, 2.24) is 0 Å². The van der Waals surface area contributed by atoms with E-state index in [1.807, 2.05) is 27.7 Å². The topological polar surface area (TPSA) is 43.4 Å². The van der Waals surface area contributed by atoms with Crippen LogP contribution in [0.3, 0.4) is 0 Å². The van der Waals surface area contributed by atoms with Crippen molar-refractivity contribution in [2.45, 2.75) is 60.8 Å². The summed E-state index contributed by atoms with van der Waals surface area (Å²) in [6.45, 7) is 12.1.